The molecule has 0 atom stereocenters. The van der Waals surface area contributed by atoms with Gasteiger partial charge in [0.25, 0.3) is 12.3 Å². The van der Waals surface area contributed by atoms with Gasteiger partial charge in [0.2, 0.25) is 0 Å². The molecule has 0 saturated heterocycles. The molecule has 1 rings (SSSR count). The van der Waals surface area contributed by atoms with Crippen molar-refractivity contribution in [3.05, 3.63) is 17.3 Å². The van der Waals surface area contributed by atoms with Crippen molar-refractivity contribution in [2.75, 3.05) is 13.7 Å². The van der Waals surface area contributed by atoms with Crippen molar-refractivity contribution >= 4 is 5.97 Å². The van der Waals surface area contributed by atoms with Crippen LogP contribution >= 0.6 is 0 Å². The highest BCUT2D eigenvalue weighted by Gasteiger charge is 2.20. The number of pyridine rings is 1. The minimum absolute atomic E-state index is 0.0541. The van der Waals surface area contributed by atoms with Crippen LogP contribution in [0.25, 0.3) is 0 Å². The van der Waals surface area contributed by atoms with Crippen LogP contribution in [0.4, 0.5) is 8.78 Å². The zero-order chi connectivity index (χ0) is 13.7. The van der Waals surface area contributed by atoms with E-state index in [9.17, 15) is 18.7 Å². The summed E-state index contributed by atoms with van der Waals surface area (Å²) in [4.78, 5) is 15.0. The fourth-order valence-corrected chi connectivity index (χ4v) is 1.35. The number of aromatic nitrogens is 1. The summed E-state index contributed by atoms with van der Waals surface area (Å²) in [5, 5.41) is 9.44. The molecule has 0 spiro atoms. The van der Waals surface area contributed by atoms with E-state index in [4.69, 9.17) is 0 Å². The summed E-state index contributed by atoms with van der Waals surface area (Å²) in [5.41, 5.74) is -0.570. The van der Waals surface area contributed by atoms with Gasteiger partial charge in [0.1, 0.15) is 0 Å². The highest BCUT2D eigenvalue weighted by atomic mass is 19.3. The van der Waals surface area contributed by atoms with E-state index in [1.165, 1.54) is 7.11 Å². The molecule has 0 unspecified atom stereocenters. The van der Waals surface area contributed by atoms with Gasteiger partial charge in [-0.3, -0.25) is 4.79 Å². The van der Waals surface area contributed by atoms with Crippen molar-refractivity contribution in [3.63, 3.8) is 0 Å². The minimum atomic E-state index is -2.89. The van der Waals surface area contributed by atoms with Gasteiger partial charge in [-0.15, -0.1) is 0 Å². The van der Waals surface area contributed by atoms with Gasteiger partial charge >= 0.3 is 5.97 Å². The molecule has 1 aromatic heterocycles. The molecule has 0 aliphatic rings. The van der Waals surface area contributed by atoms with Gasteiger partial charge in [-0.2, -0.15) is 0 Å². The van der Waals surface area contributed by atoms with Gasteiger partial charge in [-0.25, -0.2) is 13.8 Å². The molecule has 100 valence electrons. The number of methoxy groups -OCH3 is 1. The molecule has 0 aromatic carbocycles. The monoisotopic (exact) mass is 261 g/mol. The summed E-state index contributed by atoms with van der Waals surface area (Å²) in [6, 6.07) is 0.958. The third kappa shape index (κ3) is 3.28. The molecule has 5 nitrogen and oxygen atoms in total. The van der Waals surface area contributed by atoms with E-state index >= 15 is 0 Å². The van der Waals surface area contributed by atoms with Crippen molar-refractivity contribution in [1.29, 1.82) is 0 Å². The molecule has 0 radical (unpaired) electrons. The Hall–Kier alpha value is -1.92. The zero-order valence-corrected chi connectivity index (χ0v) is 9.94. The number of hydrogen-bond acceptors (Lipinski definition) is 5. The van der Waals surface area contributed by atoms with Crippen LogP contribution in [0.15, 0.2) is 6.07 Å². The lowest BCUT2D eigenvalue weighted by Crippen LogP contribution is -2.10. The maximum Gasteiger partial charge on any atom is 0.311 e. The molecule has 0 aliphatic heterocycles. The van der Waals surface area contributed by atoms with E-state index in [0.29, 0.717) is 0 Å². The Balaban J connectivity index is 3.06. The van der Waals surface area contributed by atoms with Crippen molar-refractivity contribution in [2.45, 2.75) is 19.8 Å². The average molecular weight is 261 g/mol. The van der Waals surface area contributed by atoms with Gasteiger partial charge in [0.05, 0.1) is 31.4 Å². The van der Waals surface area contributed by atoms with Crippen LogP contribution in [0.2, 0.25) is 0 Å². The van der Waals surface area contributed by atoms with E-state index in [1.54, 1.807) is 6.92 Å². The van der Waals surface area contributed by atoms with Crippen LogP contribution in [0, 0.1) is 0 Å². The summed E-state index contributed by atoms with van der Waals surface area (Å²) < 4.78 is 34.7. The maximum atomic E-state index is 12.7. The zero-order valence-electron chi connectivity index (χ0n) is 9.94. The van der Waals surface area contributed by atoms with Crippen LogP contribution < -0.4 is 4.74 Å². The second kappa shape index (κ2) is 6.13. The summed E-state index contributed by atoms with van der Waals surface area (Å²) in [5.74, 6) is -1.65. The number of nitrogens with zero attached hydrogens (tertiary/aromatic N) is 1. The van der Waals surface area contributed by atoms with E-state index in [1.807, 2.05) is 0 Å². The van der Waals surface area contributed by atoms with E-state index in [0.717, 1.165) is 6.07 Å². The number of rotatable bonds is 5. The SMILES string of the molecule is CCOC(=O)Cc1cc(C(F)F)c(O)c(OC)n1. The first-order valence-electron chi connectivity index (χ1n) is 5.20. The van der Waals surface area contributed by atoms with E-state index < -0.39 is 23.7 Å². The van der Waals surface area contributed by atoms with Gasteiger partial charge in [0.15, 0.2) is 5.75 Å². The molecule has 0 aliphatic carbocycles. The van der Waals surface area contributed by atoms with Crippen LogP contribution in [0.1, 0.15) is 24.6 Å². The lowest BCUT2D eigenvalue weighted by atomic mass is 10.2. The average Bonchev–Trinajstić information content (AvgIpc) is 2.31. The molecular formula is C11H13F2NO4. The number of carbonyl (C=O) groups is 1. The summed E-state index contributed by atoms with van der Waals surface area (Å²) in [6.07, 6.45) is -3.15. The number of aromatic hydroxyl groups is 1. The molecule has 0 bridgehead atoms. The molecule has 18 heavy (non-hydrogen) atoms. The van der Waals surface area contributed by atoms with Gasteiger partial charge < -0.3 is 14.6 Å². The molecule has 0 amide bonds. The third-order valence-corrected chi connectivity index (χ3v) is 2.10. The number of hydrogen-bond donors (Lipinski definition) is 1. The van der Waals surface area contributed by atoms with E-state index in [-0.39, 0.29) is 24.6 Å². The van der Waals surface area contributed by atoms with Crippen molar-refractivity contribution in [2.24, 2.45) is 0 Å². The molecule has 1 aromatic rings. The van der Waals surface area contributed by atoms with Crippen LogP contribution in [0.5, 0.6) is 11.6 Å². The second-order valence-electron chi connectivity index (χ2n) is 3.34. The first kappa shape index (κ1) is 14.1. The Bertz CT molecular complexity index is 437. The standard InChI is InChI=1S/C11H13F2NO4/c1-3-18-8(15)5-6-4-7(10(12)13)9(16)11(14-6)17-2/h4,10,16H,3,5H2,1-2H3. The lowest BCUT2D eigenvalue weighted by Gasteiger charge is -2.10. The van der Waals surface area contributed by atoms with Crippen molar-refractivity contribution < 1.29 is 28.2 Å². The number of carbonyl (C=O) groups excluding carboxylic acids is 1. The number of esters is 1. The van der Waals surface area contributed by atoms with Crippen molar-refractivity contribution in [1.82, 2.24) is 4.98 Å². The predicted octanol–water partition coefficient (Wildman–Crippen LogP) is 1.84. The summed E-state index contributed by atoms with van der Waals surface area (Å²) in [7, 11) is 1.19. The Morgan fingerprint density at radius 3 is 2.72 bits per heavy atom. The number of halogens is 2. The topological polar surface area (TPSA) is 68.7 Å². The largest absolute Gasteiger partial charge is 0.503 e. The maximum absolute atomic E-state index is 12.7. The fourth-order valence-electron chi connectivity index (χ4n) is 1.35. The quantitative estimate of drug-likeness (QED) is 0.819. The Labute approximate surface area is 102 Å². The minimum Gasteiger partial charge on any atom is -0.503 e. The molecule has 7 heteroatoms. The highest BCUT2D eigenvalue weighted by Crippen LogP contribution is 2.35. The normalized spacial score (nSPS) is 10.5. The smallest absolute Gasteiger partial charge is 0.311 e. The summed E-state index contributed by atoms with van der Waals surface area (Å²) in [6.45, 7) is 1.82. The number of ether oxygens (including phenoxy) is 2. The van der Waals surface area contributed by atoms with E-state index in [2.05, 4.69) is 14.5 Å². The number of alkyl halides is 2. The van der Waals surface area contributed by atoms with Crippen molar-refractivity contribution in [3.8, 4) is 11.6 Å². The summed E-state index contributed by atoms with van der Waals surface area (Å²) >= 11 is 0. The molecule has 0 fully saturated rings. The van der Waals surface area contributed by atoms with Crippen LogP contribution in [-0.4, -0.2) is 29.8 Å². The van der Waals surface area contributed by atoms with Gasteiger partial charge in [-0.05, 0) is 13.0 Å². The molecule has 1 N–H and O–H groups in total. The van der Waals surface area contributed by atoms with Crippen LogP contribution in [0.3, 0.4) is 0 Å². The Morgan fingerprint density at radius 2 is 2.22 bits per heavy atom. The predicted molar refractivity (Wildman–Crippen MR) is 57.7 cm³/mol. The molecule has 0 saturated carbocycles. The lowest BCUT2D eigenvalue weighted by molar-refractivity contribution is -0.142. The first-order chi connectivity index (χ1) is 8.49. The Morgan fingerprint density at radius 1 is 1.56 bits per heavy atom. The first-order valence-corrected chi connectivity index (χ1v) is 5.20. The van der Waals surface area contributed by atoms with Gasteiger partial charge in [0, 0.05) is 0 Å². The van der Waals surface area contributed by atoms with Gasteiger partial charge in [-0.1, -0.05) is 0 Å². The fraction of sp³-hybridized carbons (Fsp3) is 0.455. The highest BCUT2D eigenvalue weighted by molar-refractivity contribution is 5.72. The Kier molecular flexibility index (Phi) is 4.82. The molecular weight excluding hydrogens is 248 g/mol. The molecule has 1 heterocycles. The second-order valence-corrected chi connectivity index (χ2v) is 3.34. The third-order valence-electron chi connectivity index (χ3n) is 2.10. The van der Waals surface area contributed by atoms with Crippen LogP contribution in [-0.2, 0) is 16.0 Å².